The van der Waals surface area contributed by atoms with E-state index in [0.717, 1.165) is 103 Å². The minimum Gasteiger partial charge on any atom is -0.387 e. The summed E-state index contributed by atoms with van der Waals surface area (Å²) in [7, 11) is 1.55. The van der Waals surface area contributed by atoms with Gasteiger partial charge in [0.15, 0.2) is 0 Å². The topological polar surface area (TPSA) is 105 Å². The number of nitrogens with zero attached hydrogens (tertiary/aromatic N) is 1. The van der Waals surface area contributed by atoms with Crippen LogP contribution in [0.4, 0.5) is 0 Å². The number of unbranched alkanes of at least 4 members (excludes halogenated alkanes) is 15. The molecule has 0 aromatic heterocycles. The van der Waals surface area contributed by atoms with Gasteiger partial charge in [0.2, 0.25) is 5.91 Å². The van der Waals surface area contributed by atoms with E-state index in [9.17, 15) is 19.4 Å². The van der Waals surface area contributed by atoms with Crippen molar-refractivity contribution in [3.63, 3.8) is 0 Å². The summed E-state index contributed by atoms with van der Waals surface area (Å²) in [5, 5.41) is 13.8. The number of rotatable bonds is 44. The third-order valence-corrected chi connectivity index (χ3v) is 11.5. The smallest absolute Gasteiger partial charge is 0.387 e. The Hall–Kier alpha value is -2.84. The molecule has 64 heavy (non-hydrogen) atoms. The molecule has 366 valence electrons. The molecular weight excluding hydrogens is 816 g/mol. The minimum absolute atomic E-state index is 0.0539. The molecule has 3 unspecified atom stereocenters. The number of likely N-dealkylation sites (N-methyl/N-ethyl adjacent to an activating group) is 1. The number of phosphoric ester groups is 1. The van der Waals surface area contributed by atoms with Crippen LogP contribution in [0.3, 0.4) is 0 Å². The Bertz CT molecular complexity index is 1400. The fraction of sp³-hybridized carbons (Fsp3) is 0.655. The van der Waals surface area contributed by atoms with Crippen molar-refractivity contribution >= 4 is 13.7 Å². The number of aliphatic hydroxyl groups is 1. The van der Waals surface area contributed by atoms with Gasteiger partial charge in [-0.25, -0.2) is 4.57 Å². The summed E-state index contributed by atoms with van der Waals surface area (Å²) in [5.41, 5.74) is 0. The van der Waals surface area contributed by atoms with Gasteiger partial charge in [0.25, 0.3) is 0 Å². The van der Waals surface area contributed by atoms with Crippen LogP contribution in [0.15, 0.2) is 109 Å². The van der Waals surface area contributed by atoms with Crippen molar-refractivity contribution in [2.75, 3.05) is 40.9 Å². The normalized spacial score (nSPS) is 15.0. The minimum atomic E-state index is -4.34. The summed E-state index contributed by atoms with van der Waals surface area (Å²) in [6.45, 7) is 4.63. The number of phosphoric acid groups is 1. The van der Waals surface area contributed by atoms with Gasteiger partial charge in [-0.1, -0.05) is 200 Å². The zero-order valence-corrected chi connectivity index (χ0v) is 42.4. The molecular formula is C55H96N2O6P+. The first-order valence-corrected chi connectivity index (χ1v) is 26.8. The van der Waals surface area contributed by atoms with Gasteiger partial charge in [-0.3, -0.25) is 13.8 Å². The van der Waals surface area contributed by atoms with E-state index in [0.29, 0.717) is 17.4 Å². The van der Waals surface area contributed by atoms with E-state index < -0.39 is 20.0 Å². The molecule has 0 aliphatic rings. The van der Waals surface area contributed by atoms with Gasteiger partial charge in [0, 0.05) is 6.42 Å². The molecule has 3 N–H and O–H groups in total. The standard InChI is InChI=1S/C55H95N2O6P/c1-6-8-10-12-14-16-17-18-19-20-21-22-23-24-25-26-27-28-29-30-31-32-33-34-35-36-37-38-39-41-43-45-47-49-55(59)56-53(52-63-64(60,61)62-51-50-57(3,4)5)54(58)48-46-44-42-40-15-13-11-9-7-2/h8,10,14,16,18-19,21-22,24-25,27-28,30-31,33-34,46,48,53-54,58H,6-7,9,11-13,15,17,20,23,26,29,32,35-45,47,49-52H2,1-5H3,(H-,56,59,60,61)/p+1/b10-8-,16-14-,19-18-,22-21-,25-24-,28-27-,31-30-,34-33-,48-46+. The average molecular weight is 912 g/mol. The first-order valence-electron chi connectivity index (χ1n) is 25.3. The SMILES string of the molecule is CC/C=C\C/C=C\C/C=C\C/C=C\C/C=C\C/C=C\C/C=C\C/C=C\CCCCCCCCCCC(=O)NC(COP(=O)(O)OCC[N+](C)(C)C)C(O)/C=C/CCCCCCCCC. The van der Waals surface area contributed by atoms with Gasteiger partial charge < -0.3 is 19.8 Å². The maximum absolute atomic E-state index is 12.9. The second-order valence-electron chi connectivity index (χ2n) is 17.8. The number of quaternary nitrogens is 1. The molecule has 9 heteroatoms. The van der Waals surface area contributed by atoms with Crippen LogP contribution in [-0.4, -0.2) is 73.4 Å². The number of aliphatic hydroxyl groups excluding tert-OH is 1. The lowest BCUT2D eigenvalue weighted by molar-refractivity contribution is -0.870. The molecule has 0 heterocycles. The molecule has 0 radical (unpaired) electrons. The second kappa shape index (κ2) is 45.3. The summed E-state index contributed by atoms with van der Waals surface area (Å²) in [6.07, 6.45) is 66.1. The molecule has 0 aliphatic heterocycles. The fourth-order valence-corrected chi connectivity index (χ4v) is 7.26. The summed E-state index contributed by atoms with van der Waals surface area (Å²) in [6, 6.07) is -0.856. The number of hydrogen-bond acceptors (Lipinski definition) is 5. The number of nitrogens with one attached hydrogen (secondary N) is 1. The van der Waals surface area contributed by atoms with Crippen molar-refractivity contribution in [2.24, 2.45) is 0 Å². The summed E-state index contributed by atoms with van der Waals surface area (Å²) in [5.74, 6) is -0.194. The van der Waals surface area contributed by atoms with Gasteiger partial charge in [-0.15, -0.1) is 0 Å². The van der Waals surface area contributed by atoms with E-state index in [2.05, 4.69) is 116 Å². The Morgan fingerprint density at radius 2 is 0.938 bits per heavy atom. The van der Waals surface area contributed by atoms with Crippen LogP contribution in [0.25, 0.3) is 0 Å². The number of allylic oxidation sites excluding steroid dienone is 17. The molecule has 0 saturated heterocycles. The molecule has 0 aromatic rings. The predicted molar refractivity (Wildman–Crippen MR) is 276 cm³/mol. The Morgan fingerprint density at radius 1 is 0.547 bits per heavy atom. The number of carbonyl (C=O) groups excluding carboxylic acids is 1. The molecule has 1 amide bonds. The van der Waals surface area contributed by atoms with Crippen molar-refractivity contribution in [1.29, 1.82) is 0 Å². The van der Waals surface area contributed by atoms with Crippen LogP contribution in [0.2, 0.25) is 0 Å². The van der Waals surface area contributed by atoms with E-state index in [-0.39, 0.29) is 19.1 Å². The van der Waals surface area contributed by atoms with Crippen LogP contribution in [0, 0.1) is 0 Å². The highest BCUT2D eigenvalue weighted by Gasteiger charge is 2.27. The molecule has 3 atom stereocenters. The van der Waals surface area contributed by atoms with Crippen molar-refractivity contribution in [3.8, 4) is 0 Å². The van der Waals surface area contributed by atoms with Gasteiger partial charge in [0.05, 0.1) is 39.9 Å². The van der Waals surface area contributed by atoms with Crippen molar-refractivity contribution < 1.29 is 32.9 Å². The zero-order chi connectivity index (χ0) is 47.1. The van der Waals surface area contributed by atoms with E-state index in [4.69, 9.17) is 9.05 Å². The number of hydrogen-bond donors (Lipinski definition) is 3. The molecule has 0 rings (SSSR count). The molecule has 8 nitrogen and oxygen atoms in total. The average Bonchev–Trinajstić information content (AvgIpc) is 3.25. The molecule has 0 spiro atoms. The van der Waals surface area contributed by atoms with Crippen LogP contribution >= 0.6 is 7.82 Å². The second-order valence-corrected chi connectivity index (χ2v) is 19.3. The zero-order valence-electron chi connectivity index (χ0n) is 41.5. The third kappa shape index (κ3) is 47.1. The number of amides is 1. The monoisotopic (exact) mass is 912 g/mol. The lowest BCUT2D eigenvalue weighted by Crippen LogP contribution is -2.45. The van der Waals surface area contributed by atoms with Crippen LogP contribution < -0.4 is 5.32 Å². The highest BCUT2D eigenvalue weighted by Crippen LogP contribution is 2.43. The quantitative estimate of drug-likeness (QED) is 0.0243. The third-order valence-electron chi connectivity index (χ3n) is 10.5. The molecule has 0 aromatic carbocycles. The van der Waals surface area contributed by atoms with Gasteiger partial charge in [-0.2, -0.15) is 0 Å². The Kier molecular flexibility index (Phi) is 43.3. The van der Waals surface area contributed by atoms with Crippen molar-refractivity contribution in [2.45, 2.75) is 193 Å². The van der Waals surface area contributed by atoms with Gasteiger partial charge >= 0.3 is 7.82 Å². The molecule has 0 fully saturated rings. The van der Waals surface area contributed by atoms with Crippen LogP contribution in [-0.2, 0) is 18.4 Å². The fourth-order valence-electron chi connectivity index (χ4n) is 6.53. The highest BCUT2D eigenvalue weighted by molar-refractivity contribution is 7.47. The van der Waals surface area contributed by atoms with Gasteiger partial charge in [0.1, 0.15) is 13.2 Å². The van der Waals surface area contributed by atoms with E-state index in [1.165, 1.54) is 57.8 Å². The van der Waals surface area contributed by atoms with Gasteiger partial charge in [-0.05, 0) is 83.5 Å². The van der Waals surface area contributed by atoms with Crippen molar-refractivity contribution in [1.82, 2.24) is 5.32 Å². The summed E-state index contributed by atoms with van der Waals surface area (Å²) in [4.78, 5) is 23.1. The maximum Gasteiger partial charge on any atom is 0.472 e. The lowest BCUT2D eigenvalue weighted by Gasteiger charge is -2.25. The van der Waals surface area contributed by atoms with E-state index in [1.54, 1.807) is 6.08 Å². The van der Waals surface area contributed by atoms with E-state index in [1.807, 2.05) is 27.2 Å². The van der Waals surface area contributed by atoms with Crippen LogP contribution in [0.1, 0.15) is 181 Å². The summed E-state index contributed by atoms with van der Waals surface area (Å²) >= 11 is 0. The summed E-state index contributed by atoms with van der Waals surface area (Å²) < 4.78 is 23.5. The largest absolute Gasteiger partial charge is 0.472 e. The molecule has 0 bridgehead atoms. The first kappa shape index (κ1) is 61.2. The predicted octanol–water partition coefficient (Wildman–Crippen LogP) is 14.9. The lowest BCUT2D eigenvalue weighted by atomic mass is 10.1. The maximum atomic E-state index is 12.9. The first-order chi connectivity index (χ1) is 31.0. The van der Waals surface area contributed by atoms with E-state index >= 15 is 0 Å². The Labute approximate surface area is 393 Å². The Balaban J connectivity index is 4.14. The number of carbonyl (C=O) groups is 1. The highest BCUT2D eigenvalue weighted by atomic mass is 31.2. The molecule has 0 aliphatic carbocycles. The molecule has 0 saturated carbocycles. The Morgan fingerprint density at radius 3 is 1.38 bits per heavy atom. The van der Waals surface area contributed by atoms with Crippen LogP contribution in [0.5, 0.6) is 0 Å². The van der Waals surface area contributed by atoms with Crippen molar-refractivity contribution in [3.05, 3.63) is 109 Å².